The van der Waals surface area contributed by atoms with E-state index in [-0.39, 0.29) is 5.75 Å². The first kappa shape index (κ1) is 11.0. The van der Waals surface area contributed by atoms with Crippen molar-refractivity contribution in [3.63, 3.8) is 0 Å². The molecule has 84 valence electrons. The fraction of sp³-hybridized carbons (Fsp3) is 0.167. The van der Waals surface area contributed by atoms with Gasteiger partial charge in [-0.25, -0.2) is 0 Å². The van der Waals surface area contributed by atoms with Gasteiger partial charge in [0.15, 0.2) is 0 Å². The predicted octanol–water partition coefficient (Wildman–Crippen LogP) is 2.52. The van der Waals surface area contributed by atoms with Crippen molar-refractivity contribution in [2.45, 2.75) is 13.1 Å². The van der Waals surface area contributed by atoms with Crippen LogP contribution in [0.25, 0.3) is 0 Å². The van der Waals surface area contributed by atoms with Gasteiger partial charge in [0.2, 0.25) is 0 Å². The average Bonchev–Trinajstić information content (AvgIpc) is 2.76. The van der Waals surface area contributed by atoms with Crippen LogP contribution >= 0.6 is 11.3 Å². The van der Waals surface area contributed by atoms with Gasteiger partial charge in [0.05, 0.1) is 5.69 Å². The van der Waals surface area contributed by atoms with E-state index < -0.39 is 0 Å². The smallest absolute Gasteiger partial charge is 0.138 e. The molecule has 0 saturated heterocycles. The van der Waals surface area contributed by atoms with Crippen LogP contribution in [0.15, 0.2) is 36.4 Å². The molecule has 0 radical (unpaired) electrons. The van der Waals surface area contributed by atoms with Crippen molar-refractivity contribution in [1.29, 1.82) is 0 Å². The summed E-state index contributed by atoms with van der Waals surface area (Å²) >= 11 is 1.69. The molecule has 0 atom stereocenters. The van der Waals surface area contributed by atoms with Crippen LogP contribution in [0.1, 0.15) is 9.75 Å². The zero-order valence-electron chi connectivity index (χ0n) is 8.81. The molecule has 0 bridgehead atoms. The third kappa shape index (κ3) is 2.53. The minimum atomic E-state index is 0.276. The van der Waals surface area contributed by atoms with Crippen molar-refractivity contribution in [1.82, 2.24) is 0 Å². The molecule has 2 rings (SSSR count). The Balaban J connectivity index is 1.99. The number of rotatable bonds is 4. The molecular weight excluding hydrogens is 220 g/mol. The Hall–Kier alpha value is -1.52. The van der Waals surface area contributed by atoms with Gasteiger partial charge in [-0.15, -0.1) is 11.3 Å². The molecule has 0 fully saturated rings. The summed E-state index contributed by atoms with van der Waals surface area (Å²) in [5, 5.41) is 12.7. The van der Waals surface area contributed by atoms with Crippen molar-refractivity contribution in [2.24, 2.45) is 5.73 Å². The van der Waals surface area contributed by atoms with Gasteiger partial charge in [-0.05, 0) is 24.3 Å². The number of nitrogens with two attached hydrogens (primary N) is 1. The Bertz CT molecular complexity index is 468. The first-order valence-corrected chi connectivity index (χ1v) is 5.91. The lowest BCUT2D eigenvalue weighted by atomic mass is 10.3. The van der Waals surface area contributed by atoms with E-state index in [4.69, 9.17) is 5.73 Å². The summed E-state index contributed by atoms with van der Waals surface area (Å²) in [6.45, 7) is 1.30. The average molecular weight is 234 g/mol. The Labute approximate surface area is 98.5 Å². The Morgan fingerprint density at radius 1 is 1.12 bits per heavy atom. The van der Waals surface area contributed by atoms with E-state index in [2.05, 4.69) is 11.4 Å². The van der Waals surface area contributed by atoms with E-state index in [0.29, 0.717) is 13.1 Å². The number of para-hydroxylation sites is 2. The van der Waals surface area contributed by atoms with Gasteiger partial charge < -0.3 is 16.2 Å². The lowest BCUT2D eigenvalue weighted by Crippen LogP contribution is -1.97. The summed E-state index contributed by atoms with van der Waals surface area (Å²) in [5.74, 6) is 0.276. The van der Waals surface area contributed by atoms with Crippen molar-refractivity contribution in [3.8, 4) is 5.75 Å². The highest BCUT2D eigenvalue weighted by molar-refractivity contribution is 7.11. The molecule has 0 saturated carbocycles. The molecule has 16 heavy (non-hydrogen) atoms. The summed E-state index contributed by atoms with van der Waals surface area (Å²) in [5.41, 5.74) is 6.30. The van der Waals surface area contributed by atoms with Gasteiger partial charge in [-0.3, -0.25) is 0 Å². The Morgan fingerprint density at radius 2 is 1.88 bits per heavy atom. The fourth-order valence-electron chi connectivity index (χ4n) is 1.43. The van der Waals surface area contributed by atoms with Crippen LogP contribution in [0.3, 0.4) is 0 Å². The molecule has 3 nitrogen and oxygen atoms in total. The maximum atomic E-state index is 9.56. The van der Waals surface area contributed by atoms with E-state index in [1.54, 1.807) is 23.5 Å². The molecule has 0 amide bonds. The number of hydrogen-bond donors (Lipinski definition) is 3. The maximum absolute atomic E-state index is 9.56. The van der Waals surface area contributed by atoms with Gasteiger partial charge in [0.25, 0.3) is 0 Å². The van der Waals surface area contributed by atoms with Crippen LogP contribution in [0.2, 0.25) is 0 Å². The minimum absolute atomic E-state index is 0.276. The van der Waals surface area contributed by atoms with E-state index in [0.717, 1.165) is 5.69 Å². The zero-order chi connectivity index (χ0) is 11.4. The second-order valence-electron chi connectivity index (χ2n) is 3.44. The van der Waals surface area contributed by atoms with Gasteiger partial charge in [0.1, 0.15) is 5.75 Å². The number of hydrogen-bond acceptors (Lipinski definition) is 4. The van der Waals surface area contributed by atoms with Crippen LogP contribution in [0.5, 0.6) is 5.75 Å². The SMILES string of the molecule is NCc1ccc(CNc2ccccc2O)s1. The Kier molecular flexibility index (Phi) is 3.44. The lowest BCUT2D eigenvalue weighted by Gasteiger charge is -2.06. The highest BCUT2D eigenvalue weighted by atomic mass is 32.1. The standard InChI is InChI=1S/C12H14N2OS/c13-7-9-5-6-10(16-9)8-14-11-3-1-2-4-12(11)15/h1-6,14-15H,7-8,13H2. The number of nitrogens with one attached hydrogen (secondary N) is 1. The summed E-state index contributed by atoms with van der Waals surface area (Å²) in [6.07, 6.45) is 0. The summed E-state index contributed by atoms with van der Waals surface area (Å²) in [6, 6.07) is 11.3. The molecule has 0 unspecified atom stereocenters. The largest absolute Gasteiger partial charge is 0.506 e. The van der Waals surface area contributed by atoms with Crippen LogP contribution in [-0.2, 0) is 13.1 Å². The van der Waals surface area contributed by atoms with Gasteiger partial charge in [-0.2, -0.15) is 0 Å². The monoisotopic (exact) mass is 234 g/mol. The zero-order valence-corrected chi connectivity index (χ0v) is 9.63. The number of benzene rings is 1. The highest BCUT2D eigenvalue weighted by Gasteiger charge is 2.01. The summed E-state index contributed by atoms with van der Waals surface area (Å²) < 4.78 is 0. The Morgan fingerprint density at radius 3 is 2.56 bits per heavy atom. The van der Waals surface area contributed by atoms with E-state index in [9.17, 15) is 5.11 Å². The van der Waals surface area contributed by atoms with Gasteiger partial charge >= 0.3 is 0 Å². The molecule has 0 aliphatic heterocycles. The molecule has 0 aliphatic rings. The van der Waals surface area contributed by atoms with Gasteiger partial charge in [-0.1, -0.05) is 12.1 Å². The van der Waals surface area contributed by atoms with Crippen molar-refractivity contribution in [3.05, 3.63) is 46.2 Å². The number of phenolic OH excluding ortho intramolecular Hbond substituents is 1. The van der Waals surface area contributed by atoms with Crippen molar-refractivity contribution < 1.29 is 5.11 Å². The molecule has 0 aliphatic carbocycles. The molecule has 0 spiro atoms. The normalized spacial score (nSPS) is 10.3. The number of aromatic hydroxyl groups is 1. The van der Waals surface area contributed by atoms with Crippen LogP contribution in [-0.4, -0.2) is 5.11 Å². The lowest BCUT2D eigenvalue weighted by molar-refractivity contribution is 0.477. The quantitative estimate of drug-likeness (QED) is 0.712. The van der Waals surface area contributed by atoms with Gasteiger partial charge in [0, 0.05) is 22.8 Å². The first-order chi connectivity index (χ1) is 7.79. The molecule has 1 aromatic carbocycles. The highest BCUT2D eigenvalue weighted by Crippen LogP contribution is 2.23. The fourth-order valence-corrected chi connectivity index (χ4v) is 2.27. The third-order valence-corrected chi connectivity index (χ3v) is 3.38. The van der Waals surface area contributed by atoms with E-state index >= 15 is 0 Å². The van der Waals surface area contributed by atoms with Crippen LogP contribution in [0.4, 0.5) is 5.69 Å². The molecular formula is C12H14N2OS. The minimum Gasteiger partial charge on any atom is -0.506 e. The number of phenols is 1. The van der Waals surface area contributed by atoms with Crippen molar-refractivity contribution in [2.75, 3.05) is 5.32 Å². The predicted molar refractivity (Wildman–Crippen MR) is 67.6 cm³/mol. The summed E-state index contributed by atoms with van der Waals surface area (Å²) in [4.78, 5) is 2.39. The third-order valence-electron chi connectivity index (χ3n) is 2.28. The second kappa shape index (κ2) is 5.01. The second-order valence-corrected chi connectivity index (χ2v) is 4.70. The molecule has 2 aromatic rings. The van der Waals surface area contributed by atoms with Crippen molar-refractivity contribution >= 4 is 17.0 Å². The maximum Gasteiger partial charge on any atom is 0.138 e. The van der Waals surface area contributed by atoms with E-state index in [1.165, 1.54) is 9.75 Å². The molecule has 1 heterocycles. The first-order valence-electron chi connectivity index (χ1n) is 5.09. The van der Waals surface area contributed by atoms with E-state index in [1.807, 2.05) is 18.2 Å². The molecule has 4 N–H and O–H groups in total. The van der Waals surface area contributed by atoms with Crippen LogP contribution in [0, 0.1) is 0 Å². The number of anilines is 1. The number of thiophene rings is 1. The molecule has 4 heteroatoms. The summed E-state index contributed by atoms with van der Waals surface area (Å²) in [7, 11) is 0. The van der Waals surface area contributed by atoms with Crippen LogP contribution < -0.4 is 11.1 Å². The molecule has 1 aromatic heterocycles. The topological polar surface area (TPSA) is 58.3 Å².